The van der Waals surface area contributed by atoms with Gasteiger partial charge in [0.15, 0.2) is 0 Å². The minimum Gasteiger partial charge on any atom is -0.469 e. The summed E-state index contributed by atoms with van der Waals surface area (Å²) in [6, 6.07) is 9.23. The molecule has 1 aromatic carbocycles. The van der Waals surface area contributed by atoms with E-state index in [9.17, 15) is 9.59 Å². The Balaban J connectivity index is 2.17. The van der Waals surface area contributed by atoms with Crippen molar-refractivity contribution in [3.63, 3.8) is 0 Å². The number of ether oxygens (including phenoxy) is 2. The normalized spacial score (nSPS) is 11.8. The predicted molar refractivity (Wildman–Crippen MR) is 112 cm³/mol. The number of hydrogen-bond donors (Lipinski definition) is 1. The summed E-state index contributed by atoms with van der Waals surface area (Å²) < 4.78 is 9.81. The van der Waals surface area contributed by atoms with E-state index in [0.29, 0.717) is 6.42 Å². The number of rotatable bonds is 16. The maximum Gasteiger partial charge on any atom is 0.307 e. The number of carbonyl (C=O) groups excluding carboxylic acids is 2. The van der Waals surface area contributed by atoms with Crippen molar-refractivity contribution in [3.05, 3.63) is 35.9 Å². The molecule has 0 aliphatic carbocycles. The summed E-state index contributed by atoms with van der Waals surface area (Å²) in [4.78, 5) is 23.9. The molecule has 1 N–H and O–H groups in total. The molecule has 0 spiro atoms. The molecule has 0 heterocycles. The first-order valence-electron chi connectivity index (χ1n) is 10.6. The SMILES string of the molecule is COCCCCCCCCCCCC(=O)NC(CC(=O)OC)c1ccccc1. The molecule has 1 aromatic rings. The Labute approximate surface area is 170 Å². The summed E-state index contributed by atoms with van der Waals surface area (Å²) in [5.41, 5.74) is 0.923. The third-order valence-corrected chi connectivity index (χ3v) is 4.89. The lowest BCUT2D eigenvalue weighted by Crippen LogP contribution is -2.30. The highest BCUT2D eigenvalue weighted by Crippen LogP contribution is 2.18. The van der Waals surface area contributed by atoms with Crippen LogP contribution in [0, 0.1) is 0 Å². The lowest BCUT2D eigenvalue weighted by atomic mass is 10.0. The summed E-state index contributed by atoms with van der Waals surface area (Å²) in [6.45, 7) is 0.868. The number of hydrogen-bond acceptors (Lipinski definition) is 4. The van der Waals surface area contributed by atoms with Gasteiger partial charge >= 0.3 is 5.97 Å². The van der Waals surface area contributed by atoms with Crippen LogP contribution in [-0.2, 0) is 19.1 Å². The zero-order chi connectivity index (χ0) is 20.5. The van der Waals surface area contributed by atoms with Crippen molar-refractivity contribution in [2.24, 2.45) is 0 Å². The van der Waals surface area contributed by atoms with Crippen LogP contribution >= 0.6 is 0 Å². The minimum absolute atomic E-state index is 0.00380. The molecule has 1 unspecified atom stereocenters. The first kappa shape index (κ1) is 24.2. The summed E-state index contributed by atoms with van der Waals surface area (Å²) in [5.74, 6) is -0.327. The molecule has 0 saturated carbocycles. The molecule has 0 radical (unpaired) electrons. The van der Waals surface area contributed by atoms with Crippen LogP contribution in [0.2, 0.25) is 0 Å². The quantitative estimate of drug-likeness (QED) is 0.320. The van der Waals surface area contributed by atoms with Gasteiger partial charge in [-0.05, 0) is 18.4 Å². The van der Waals surface area contributed by atoms with Gasteiger partial charge < -0.3 is 14.8 Å². The highest BCUT2D eigenvalue weighted by atomic mass is 16.5. The summed E-state index contributed by atoms with van der Waals surface area (Å²) in [7, 11) is 3.12. The van der Waals surface area contributed by atoms with Crippen molar-refractivity contribution in [1.29, 1.82) is 0 Å². The average Bonchev–Trinajstić information content (AvgIpc) is 2.72. The lowest BCUT2D eigenvalue weighted by Gasteiger charge is -2.18. The van der Waals surface area contributed by atoms with Crippen LogP contribution in [0.15, 0.2) is 30.3 Å². The second-order valence-corrected chi connectivity index (χ2v) is 7.24. The van der Waals surface area contributed by atoms with Gasteiger partial charge in [0.25, 0.3) is 0 Å². The Morgan fingerprint density at radius 3 is 2.00 bits per heavy atom. The number of unbranched alkanes of at least 4 members (excludes halogenated alkanes) is 8. The van der Waals surface area contributed by atoms with Crippen molar-refractivity contribution >= 4 is 11.9 Å². The first-order valence-corrected chi connectivity index (χ1v) is 10.6. The predicted octanol–water partition coefficient (Wildman–Crippen LogP) is 4.95. The van der Waals surface area contributed by atoms with Crippen molar-refractivity contribution in [2.75, 3.05) is 20.8 Å². The van der Waals surface area contributed by atoms with Gasteiger partial charge in [-0.2, -0.15) is 0 Å². The minimum atomic E-state index is -0.334. The molecule has 0 aliphatic heterocycles. The van der Waals surface area contributed by atoms with E-state index in [1.54, 1.807) is 7.11 Å². The van der Waals surface area contributed by atoms with E-state index in [2.05, 4.69) is 5.32 Å². The van der Waals surface area contributed by atoms with Gasteiger partial charge in [-0.3, -0.25) is 9.59 Å². The fraction of sp³-hybridized carbons (Fsp3) is 0.652. The molecular formula is C23H37NO4. The van der Waals surface area contributed by atoms with Crippen LogP contribution < -0.4 is 5.32 Å². The Bertz CT molecular complexity index is 533. The molecule has 0 fully saturated rings. The van der Waals surface area contributed by atoms with Crippen molar-refractivity contribution in [1.82, 2.24) is 5.32 Å². The largest absolute Gasteiger partial charge is 0.469 e. The number of benzene rings is 1. The van der Waals surface area contributed by atoms with Crippen LogP contribution in [-0.4, -0.2) is 32.7 Å². The molecule has 158 valence electrons. The van der Waals surface area contributed by atoms with Gasteiger partial charge in [0.2, 0.25) is 5.91 Å². The Morgan fingerprint density at radius 2 is 1.43 bits per heavy atom. The van der Waals surface area contributed by atoms with E-state index in [1.807, 2.05) is 30.3 Å². The summed E-state index contributed by atoms with van der Waals surface area (Å²) in [6.07, 6.45) is 11.3. The maximum absolute atomic E-state index is 12.3. The highest BCUT2D eigenvalue weighted by molar-refractivity contribution is 5.78. The molecule has 1 rings (SSSR count). The van der Waals surface area contributed by atoms with Crippen LogP contribution in [0.4, 0.5) is 0 Å². The van der Waals surface area contributed by atoms with Crippen molar-refractivity contribution in [2.45, 2.75) is 76.7 Å². The van der Waals surface area contributed by atoms with Crippen molar-refractivity contribution in [3.8, 4) is 0 Å². The smallest absolute Gasteiger partial charge is 0.307 e. The van der Waals surface area contributed by atoms with E-state index in [4.69, 9.17) is 9.47 Å². The Kier molecular flexibility index (Phi) is 13.9. The van der Waals surface area contributed by atoms with Gasteiger partial charge in [-0.25, -0.2) is 0 Å². The third kappa shape index (κ3) is 11.8. The van der Waals surface area contributed by atoms with E-state index in [1.165, 1.54) is 45.6 Å². The Morgan fingerprint density at radius 1 is 0.857 bits per heavy atom. The number of esters is 1. The van der Waals surface area contributed by atoms with Crippen LogP contribution in [0.25, 0.3) is 0 Å². The molecule has 5 nitrogen and oxygen atoms in total. The Hall–Kier alpha value is -1.88. The van der Waals surface area contributed by atoms with Gasteiger partial charge in [0.05, 0.1) is 19.6 Å². The second kappa shape index (κ2) is 16.1. The standard InChI is InChI=1S/C23H37NO4/c1-27-18-14-9-7-5-3-4-6-8-13-17-22(25)24-21(19-23(26)28-2)20-15-11-10-12-16-20/h10-12,15-16,21H,3-9,13-14,17-19H2,1-2H3,(H,24,25). The lowest BCUT2D eigenvalue weighted by molar-refractivity contribution is -0.141. The van der Waals surface area contributed by atoms with Crippen LogP contribution in [0.1, 0.15) is 82.2 Å². The van der Waals surface area contributed by atoms with E-state index in [0.717, 1.165) is 31.4 Å². The number of methoxy groups -OCH3 is 2. The monoisotopic (exact) mass is 391 g/mol. The van der Waals surface area contributed by atoms with Gasteiger partial charge in [-0.1, -0.05) is 75.3 Å². The molecule has 5 heteroatoms. The molecule has 0 aromatic heterocycles. The zero-order valence-electron chi connectivity index (χ0n) is 17.6. The highest BCUT2D eigenvalue weighted by Gasteiger charge is 2.18. The fourth-order valence-corrected chi connectivity index (χ4v) is 3.22. The molecule has 1 amide bonds. The molecule has 1 atom stereocenters. The van der Waals surface area contributed by atoms with Gasteiger partial charge in [-0.15, -0.1) is 0 Å². The van der Waals surface area contributed by atoms with E-state index >= 15 is 0 Å². The number of amides is 1. The molecular weight excluding hydrogens is 354 g/mol. The van der Waals surface area contributed by atoms with E-state index < -0.39 is 0 Å². The molecule has 0 bridgehead atoms. The molecule has 28 heavy (non-hydrogen) atoms. The van der Waals surface area contributed by atoms with Gasteiger partial charge in [0, 0.05) is 20.1 Å². The fourth-order valence-electron chi connectivity index (χ4n) is 3.22. The molecule has 0 saturated heterocycles. The van der Waals surface area contributed by atoms with Crippen LogP contribution in [0.3, 0.4) is 0 Å². The molecule has 0 aliphatic rings. The summed E-state index contributed by atoms with van der Waals surface area (Å²) in [5, 5.41) is 2.98. The second-order valence-electron chi connectivity index (χ2n) is 7.24. The average molecular weight is 392 g/mol. The first-order chi connectivity index (χ1) is 13.7. The number of nitrogens with one attached hydrogen (secondary N) is 1. The summed E-state index contributed by atoms with van der Waals surface area (Å²) >= 11 is 0. The topological polar surface area (TPSA) is 64.6 Å². The maximum atomic E-state index is 12.3. The van der Waals surface area contributed by atoms with Crippen LogP contribution in [0.5, 0.6) is 0 Å². The number of carbonyl (C=O) groups is 2. The van der Waals surface area contributed by atoms with Gasteiger partial charge in [0.1, 0.15) is 0 Å². The zero-order valence-corrected chi connectivity index (χ0v) is 17.6. The van der Waals surface area contributed by atoms with Crippen molar-refractivity contribution < 1.29 is 19.1 Å². The van der Waals surface area contributed by atoms with E-state index in [-0.39, 0.29) is 24.3 Å². The third-order valence-electron chi connectivity index (χ3n) is 4.89.